The van der Waals surface area contributed by atoms with Crippen molar-refractivity contribution in [2.24, 2.45) is 0 Å². The number of anilines is 1. The van der Waals surface area contributed by atoms with E-state index in [2.05, 4.69) is 17.3 Å². The Balaban J connectivity index is 1.13. The molecule has 0 saturated carbocycles. The molecule has 8 heteroatoms. The summed E-state index contributed by atoms with van der Waals surface area (Å²) in [5, 5.41) is 7.54. The van der Waals surface area contributed by atoms with Gasteiger partial charge in [0.15, 0.2) is 0 Å². The second-order valence-electron chi connectivity index (χ2n) is 9.60. The predicted octanol–water partition coefficient (Wildman–Crippen LogP) is 5.93. The van der Waals surface area contributed by atoms with Gasteiger partial charge in [0.2, 0.25) is 5.91 Å². The van der Waals surface area contributed by atoms with Crippen LogP contribution in [-0.2, 0) is 4.79 Å². The third-order valence-electron chi connectivity index (χ3n) is 6.93. The second kappa shape index (κ2) is 11.8. The minimum absolute atomic E-state index is 0.0232. The predicted molar refractivity (Wildman–Crippen MR) is 146 cm³/mol. The Labute approximate surface area is 222 Å². The number of para-hydroxylation sites is 1. The fraction of sp³-hybridized carbons (Fsp3) is 0.300. The lowest BCUT2D eigenvalue weighted by Gasteiger charge is -2.32. The van der Waals surface area contributed by atoms with Crippen LogP contribution in [-0.4, -0.2) is 44.2 Å². The molecule has 1 saturated heterocycles. The lowest BCUT2D eigenvalue weighted by Crippen LogP contribution is -2.39. The van der Waals surface area contributed by atoms with Gasteiger partial charge in [-0.2, -0.15) is 5.10 Å². The Kier molecular flexibility index (Phi) is 7.87. The number of likely N-dealkylation sites (tertiary alicyclic amines) is 1. The van der Waals surface area contributed by atoms with Crippen LogP contribution in [0.1, 0.15) is 55.0 Å². The Morgan fingerprint density at radius 3 is 2.34 bits per heavy atom. The zero-order valence-electron chi connectivity index (χ0n) is 21.6. The molecule has 0 bridgehead atoms. The van der Waals surface area contributed by atoms with Crippen molar-refractivity contribution in [1.82, 2.24) is 19.2 Å². The zero-order valence-corrected chi connectivity index (χ0v) is 21.6. The highest BCUT2D eigenvalue weighted by Gasteiger charge is 2.26. The second-order valence-corrected chi connectivity index (χ2v) is 9.60. The quantitative estimate of drug-likeness (QED) is 0.302. The maximum Gasteiger partial charge on any atom is 0.253 e. The van der Waals surface area contributed by atoms with Crippen molar-refractivity contribution in [2.75, 3.05) is 18.4 Å². The van der Waals surface area contributed by atoms with Gasteiger partial charge in [0.05, 0.1) is 17.9 Å². The van der Waals surface area contributed by atoms with Gasteiger partial charge in [-0.05, 0) is 67.8 Å². The number of carbonyl (C=O) groups is 2. The highest BCUT2D eigenvalue weighted by atomic mass is 16.5. The van der Waals surface area contributed by atoms with Crippen LogP contribution in [0.3, 0.4) is 0 Å². The van der Waals surface area contributed by atoms with Crippen molar-refractivity contribution >= 4 is 17.5 Å². The molecule has 1 fully saturated rings. The van der Waals surface area contributed by atoms with Gasteiger partial charge in [-0.15, -0.1) is 0 Å². The van der Waals surface area contributed by atoms with Crippen LogP contribution in [0.4, 0.5) is 5.69 Å². The van der Waals surface area contributed by atoms with E-state index in [0.29, 0.717) is 30.1 Å². The number of hydrogen-bond donors (Lipinski definition) is 1. The van der Waals surface area contributed by atoms with E-state index in [1.54, 1.807) is 6.20 Å². The first kappa shape index (κ1) is 25.3. The lowest BCUT2D eigenvalue weighted by molar-refractivity contribution is -0.119. The number of ether oxygens (including phenoxy) is 1. The summed E-state index contributed by atoms with van der Waals surface area (Å²) in [6.45, 7) is 3.38. The summed E-state index contributed by atoms with van der Waals surface area (Å²) in [5.41, 5.74) is 1.34. The number of nitrogens with zero attached hydrogens (tertiary/aromatic N) is 4. The number of nitrogens with one attached hydrogen (secondary N) is 1. The summed E-state index contributed by atoms with van der Waals surface area (Å²) >= 11 is 0. The van der Waals surface area contributed by atoms with Crippen molar-refractivity contribution in [3.8, 4) is 11.5 Å². The Morgan fingerprint density at radius 2 is 1.66 bits per heavy atom. The van der Waals surface area contributed by atoms with E-state index in [1.807, 2.05) is 99.5 Å². The van der Waals surface area contributed by atoms with E-state index in [-0.39, 0.29) is 23.9 Å². The Morgan fingerprint density at radius 1 is 0.974 bits per heavy atom. The number of hydrogen-bond acceptors (Lipinski definition) is 4. The molecule has 1 atom stereocenters. The van der Waals surface area contributed by atoms with Crippen molar-refractivity contribution in [1.29, 1.82) is 0 Å². The molecule has 8 nitrogen and oxygen atoms in total. The van der Waals surface area contributed by atoms with Gasteiger partial charge in [0, 0.05) is 37.2 Å². The Hall–Kier alpha value is -4.33. The third kappa shape index (κ3) is 5.96. The number of amides is 2. The normalized spacial score (nSPS) is 14.7. The van der Waals surface area contributed by atoms with E-state index in [9.17, 15) is 9.59 Å². The van der Waals surface area contributed by atoms with Gasteiger partial charge in [0.1, 0.15) is 17.5 Å². The highest BCUT2D eigenvalue weighted by molar-refractivity contribution is 5.94. The van der Waals surface area contributed by atoms with Gasteiger partial charge in [-0.3, -0.25) is 14.3 Å². The molecule has 0 aliphatic carbocycles. The first-order valence-corrected chi connectivity index (χ1v) is 13.2. The number of aromatic nitrogens is 3. The van der Waals surface area contributed by atoms with Crippen LogP contribution in [0.15, 0.2) is 91.5 Å². The summed E-state index contributed by atoms with van der Waals surface area (Å²) in [7, 11) is 0. The van der Waals surface area contributed by atoms with Crippen LogP contribution >= 0.6 is 0 Å². The zero-order chi connectivity index (χ0) is 26.3. The molecule has 1 aliphatic rings. The number of piperidine rings is 1. The van der Waals surface area contributed by atoms with E-state index < -0.39 is 0 Å². The maximum absolute atomic E-state index is 13.1. The molecule has 2 aromatic carbocycles. The summed E-state index contributed by atoms with van der Waals surface area (Å²) in [6, 6.07) is 20.7. The summed E-state index contributed by atoms with van der Waals surface area (Å²) < 4.78 is 9.69. The first-order valence-electron chi connectivity index (χ1n) is 13.2. The third-order valence-corrected chi connectivity index (χ3v) is 6.93. The molecule has 3 heterocycles. The van der Waals surface area contributed by atoms with Gasteiger partial charge in [-0.1, -0.05) is 31.5 Å². The van der Waals surface area contributed by atoms with E-state index in [4.69, 9.17) is 4.74 Å². The van der Waals surface area contributed by atoms with Gasteiger partial charge < -0.3 is 19.5 Å². The van der Waals surface area contributed by atoms with Gasteiger partial charge in [0.25, 0.3) is 5.91 Å². The fourth-order valence-electron chi connectivity index (χ4n) is 4.88. The smallest absolute Gasteiger partial charge is 0.253 e. The molecule has 196 valence electrons. The van der Waals surface area contributed by atoms with Gasteiger partial charge in [-0.25, -0.2) is 0 Å². The minimum Gasteiger partial charge on any atom is -0.457 e. The van der Waals surface area contributed by atoms with E-state index >= 15 is 0 Å². The van der Waals surface area contributed by atoms with Crippen LogP contribution in [0.2, 0.25) is 0 Å². The van der Waals surface area contributed by atoms with Crippen molar-refractivity contribution in [2.45, 2.75) is 44.7 Å². The molecule has 2 amide bonds. The van der Waals surface area contributed by atoms with Crippen molar-refractivity contribution < 1.29 is 14.3 Å². The SMILES string of the molecule is CCCC(C(=O)Nc1cnn(C2CCN(C(=O)c3ccc(Oc4ccccc4)cc3)CC2)c1)n1cccc1. The number of benzene rings is 2. The Bertz CT molecular complexity index is 1320. The summed E-state index contributed by atoms with van der Waals surface area (Å²) in [4.78, 5) is 27.9. The molecular weight excluding hydrogens is 478 g/mol. The molecular formula is C30H33N5O3. The molecule has 2 aromatic heterocycles. The molecule has 1 unspecified atom stereocenters. The lowest BCUT2D eigenvalue weighted by atomic mass is 10.0. The van der Waals surface area contributed by atoms with Crippen LogP contribution in [0, 0.1) is 0 Å². The van der Waals surface area contributed by atoms with Crippen LogP contribution in [0.5, 0.6) is 11.5 Å². The molecule has 5 rings (SSSR count). The van der Waals surface area contributed by atoms with E-state index in [0.717, 1.165) is 31.4 Å². The molecule has 1 aliphatic heterocycles. The average molecular weight is 512 g/mol. The summed E-state index contributed by atoms with van der Waals surface area (Å²) in [5.74, 6) is 1.44. The fourth-order valence-corrected chi connectivity index (χ4v) is 4.88. The average Bonchev–Trinajstić information content (AvgIpc) is 3.65. The minimum atomic E-state index is -0.244. The summed E-state index contributed by atoms with van der Waals surface area (Å²) in [6.07, 6.45) is 10.7. The maximum atomic E-state index is 13.1. The molecule has 38 heavy (non-hydrogen) atoms. The van der Waals surface area contributed by atoms with E-state index in [1.165, 1.54) is 0 Å². The molecule has 4 aromatic rings. The van der Waals surface area contributed by atoms with Crippen LogP contribution in [0.25, 0.3) is 0 Å². The molecule has 0 spiro atoms. The topological polar surface area (TPSA) is 81.4 Å². The number of rotatable bonds is 9. The van der Waals surface area contributed by atoms with Crippen molar-refractivity contribution in [3.05, 3.63) is 97.1 Å². The highest BCUT2D eigenvalue weighted by Crippen LogP contribution is 2.26. The molecule has 0 radical (unpaired) electrons. The molecule has 1 N–H and O–H groups in total. The van der Waals surface area contributed by atoms with Crippen LogP contribution < -0.4 is 10.1 Å². The first-order chi connectivity index (χ1) is 18.6. The van der Waals surface area contributed by atoms with Gasteiger partial charge >= 0.3 is 0 Å². The largest absolute Gasteiger partial charge is 0.457 e. The monoisotopic (exact) mass is 511 g/mol. The number of carbonyl (C=O) groups excluding carboxylic acids is 2. The standard InChI is InChI=1S/C30H33N5O3/c1-2-8-28(33-17-6-7-18-33)29(36)32-24-21-31-35(22-24)25-15-19-34(20-16-25)30(37)23-11-13-27(14-12-23)38-26-9-4-3-5-10-26/h3-7,9-14,17-18,21-22,25,28H,2,8,15-16,19-20H2,1H3,(H,32,36). The van der Waals surface area contributed by atoms with Crippen molar-refractivity contribution in [3.63, 3.8) is 0 Å².